The van der Waals surface area contributed by atoms with Crippen LogP contribution in [0.15, 0.2) is 24.4 Å². The van der Waals surface area contributed by atoms with Crippen LogP contribution in [0.2, 0.25) is 0 Å². The quantitative estimate of drug-likeness (QED) is 0.493. The van der Waals surface area contributed by atoms with Crippen molar-refractivity contribution in [3.63, 3.8) is 0 Å². The van der Waals surface area contributed by atoms with Crippen molar-refractivity contribution >= 4 is 39.4 Å². The summed E-state index contributed by atoms with van der Waals surface area (Å²) in [6, 6.07) is 6.58. The van der Waals surface area contributed by atoms with Crippen LogP contribution in [0.1, 0.15) is 53.9 Å². The molecule has 8 heteroatoms. The number of nitrogens with two attached hydrogens (primary N) is 1. The van der Waals surface area contributed by atoms with Gasteiger partial charge in [-0.05, 0) is 68.8 Å². The summed E-state index contributed by atoms with van der Waals surface area (Å²) >= 11 is 0. The van der Waals surface area contributed by atoms with Crippen molar-refractivity contribution in [3.8, 4) is 0 Å². The number of amides is 2. The Hall–Kier alpha value is -3.13. The average molecular weight is 447 g/mol. The summed E-state index contributed by atoms with van der Waals surface area (Å²) in [4.78, 5) is 35.4. The summed E-state index contributed by atoms with van der Waals surface area (Å²) in [6.07, 6.45) is 6.53. The molecule has 0 radical (unpaired) electrons. The molecule has 3 aromatic rings. The number of hydrogen-bond acceptors (Lipinski definition) is 5. The number of piperidine rings is 2. The maximum Gasteiger partial charge on any atom is 0.252 e. The maximum absolute atomic E-state index is 12.7. The van der Waals surface area contributed by atoms with E-state index in [9.17, 15) is 9.59 Å². The fourth-order valence-electron chi connectivity index (χ4n) is 6.15. The van der Waals surface area contributed by atoms with E-state index in [1.807, 2.05) is 0 Å². The van der Waals surface area contributed by atoms with Gasteiger partial charge in [0.1, 0.15) is 5.82 Å². The van der Waals surface area contributed by atoms with E-state index in [1.54, 1.807) is 6.20 Å². The molecule has 6 rings (SSSR count). The molecule has 1 aromatic carbocycles. The van der Waals surface area contributed by atoms with E-state index in [4.69, 9.17) is 10.7 Å². The van der Waals surface area contributed by atoms with Crippen LogP contribution < -0.4 is 21.3 Å². The lowest BCUT2D eigenvalue weighted by atomic mass is 9.78. The molecule has 172 valence electrons. The standard InChI is InChI=1S/C25H30N6O2/c26-22(32)18-13-29-23(31-11-1-6-25(14-31)7-10-28-24(25)33)20-17-12-16(15-4-8-27-9-5-15)2-3-19(17)30-21(18)20/h2-3,12-13,15,27,30H,1,4-11,14H2,(H2,26,32)(H,28,33). The van der Waals surface area contributed by atoms with Gasteiger partial charge < -0.3 is 26.3 Å². The van der Waals surface area contributed by atoms with E-state index in [-0.39, 0.29) is 11.3 Å². The molecule has 1 spiro atoms. The van der Waals surface area contributed by atoms with Crippen LogP contribution in [0.5, 0.6) is 0 Å². The highest BCUT2D eigenvalue weighted by Crippen LogP contribution is 2.42. The highest BCUT2D eigenvalue weighted by atomic mass is 16.2. The first-order chi connectivity index (χ1) is 16.1. The Balaban J connectivity index is 1.51. The van der Waals surface area contributed by atoms with Gasteiger partial charge in [0.15, 0.2) is 0 Å². The van der Waals surface area contributed by atoms with Gasteiger partial charge in [0.25, 0.3) is 5.91 Å². The summed E-state index contributed by atoms with van der Waals surface area (Å²) in [5.74, 6) is 1.03. The molecule has 1 atom stereocenters. The fraction of sp³-hybridized carbons (Fsp3) is 0.480. The Morgan fingerprint density at radius 3 is 2.79 bits per heavy atom. The predicted octanol–water partition coefficient (Wildman–Crippen LogP) is 2.39. The van der Waals surface area contributed by atoms with Crippen molar-refractivity contribution in [2.45, 2.75) is 38.0 Å². The second-order valence-electron chi connectivity index (χ2n) is 9.88. The number of fused-ring (bicyclic) bond motifs is 3. The lowest BCUT2D eigenvalue weighted by Crippen LogP contribution is -2.47. The second-order valence-corrected chi connectivity index (χ2v) is 9.88. The molecule has 5 heterocycles. The van der Waals surface area contributed by atoms with Crippen LogP contribution >= 0.6 is 0 Å². The van der Waals surface area contributed by atoms with Gasteiger partial charge in [-0.3, -0.25) is 9.59 Å². The Kier molecular flexibility index (Phi) is 4.79. The number of nitrogens with zero attached hydrogens (tertiary/aromatic N) is 2. The molecular weight excluding hydrogens is 416 g/mol. The number of carbonyl (C=O) groups is 2. The molecule has 3 fully saturated rings. The van der Waals surface area contributed by atoms with Gasteiger partial charge in [-0.25, -0.2) is 4.98 Å². The number of nitrogens with one attached hydrogen (secondary N) is 3. The Bertz CT molecular complexity index is 1260. The average Bonchev–Trinajstić information content (AvgIpc) is 3.39. The van der Waals surface area contributed by atoms with Crippen molar-refractivity contribution in [1.29, 1.82) is 0 Å². The summed E-state index contributed by atoms with van der Waals surface area (Å²) < 4.78 is 0. The smallest absolute Gasteiger partial charge is 0.252 e. The Labute approximate surface area is 192 Å². The molecule has 2 amide bonds. The first-order valence-electron chi connectivity index (χ1n) is 12.0. The van der Waals surface area contributed by atoms with Gasteiger partial charge in [0.05, 0.1) is 21.9 Å². The summed E-state index contributed by atoms with van der Waals surface area (Å²) in [7, 11) is 0. The molecular formula is C25H30N6O2. The zero-order chi connectivity index (χ0) is 22.6. The van der Waals surface area contributed by atoms with Crippen molar-refractivity contribution in [2.24, 2.45) is 11.1 Å². The lowest BCUT2D eigenvalue weighted by molar-refractivity contribution is -0.128. The van der Waals surface area contributed by atoms with Crippen LogP contribution in [0.3, 0.4) is 0 Å². The number of aromatic nitrogens is 2. The van der Waals surface area contributed by atoms with Gasteiger partial charge in [-0.2, -0.15) is 0 Å². The number of rotatable bonds is 3. The van der Waals surface area contributed by atoms with Crippen LogP contribution in [-0.2, 0) is 4.79 Å². The van der Waals surface area contributed by atoms with Crippen LogP contribution in [0.25, 0.3) is 21.8 Å². The zero-order valence-corrected chi connectivity index (χ0v) is 18.7. The lowest BCUT2D eigenvalue weighted by Gasteiger charge is -2.39. The molecule has 2 aromatic heterocycles. The zero-order valence-electron chi connectivity index (χ0n) is 18.7. The van der Waals surface area contributed by atoms with Gasteiger partial charge >= 0.3 is 0 Å². The minimum absolute atomic E-state index is 0.157. The molecule has 8 nitrogen and oxygen atoms in total. The third kappa shape index (κ3) is 3.27. The maximum atomic E-state index is 12.7. The topological polar surface area (TPSA) is 116 Å². The highest BCUT2D eigenvalue weighted by molar-refractivity contribution is 6.18. The monoisotopic (exact) mass is 446 g/mol. The molecule has 0 bridgehead atoms. The summed E-state index contributed by atoms with van der Waals surface area (Å²) in [5, 5.41) is 8.47. The first-order valence-corrected chi connectivity index (χ1v) is 12.0. The van der Waals surface area contributed by atoms with Crippen LogP contribution in [0.4, 0.5) is 5.82 Å². The molecule has 33 heavy (non-hydrogen) atoms. The molecule has 3 saturated heterocycles. The molecule has 0 aliphatic carbocycles. The van der Waals surface area contributed by atoms with Crippen LogP contribution in [0, 0.1) is 5.41 Å². The first kappa shape index (κ1) is 20.5. The number of hydrogen-bond donors (Lipinski definition) is 4. The van der Waals surface area contributed by atoms with Gasteiger partial charge in [-0.15, -0.1) is 0 Å². The largest absolute Gasteiger partial charge is 0.365 e. The number of aromatic amines is 1. The van der Waals surface area contributed by atoms with Gasteiger partial charge in [-0.1, -0.05) is 6.07 Å². The molecule has 3 aliphatic heterocycles. The molecule has 0 saturated carbocycles. The number of carbonyl (C=O) groups excluding carboxylic acids is 2. The number of anilines is 1. The number of pyridine rings is 1. The molecule has 1 unspecified atom stereocenters. The number of benzene rings is 1. The highest BCUT2D eigenvalue weighted by Gasteiger charge is 2.45. The van der Waals surface area contributed by atoms with Gasteiger partial charge in [0.2, 0.25) is 5.91 Å². The Morgan fingerprint density at radius 2 is 2.03 bits per heavy atom. The van der Waals surface area contributed by atoms with E-state index < -0.39 is 5.91 Å². The Morgan fingerprint density at radius 1 is 1.18 bits per heavy atom. The minimum atomic E-state index is -0.491. The van der Waals surface area contributed by atoms with Gasteiger partial charge in [0, 0.05) is 36.7 Å². The van der Waals surface area contributed by atoms with E-state index in [2.05, 4.69) is 38.7 Å². The minimum Gasteiger partial charge on any atom is -0.365 e. The molecule has 3 aliphatic rings. The normalized spacial score (nSPS) is 24.1. The third-order valence-corrected chi connectivity index (χ3v) is 7.95. The summed E-state index contributed by atoms with van der Waals surface area (Å²) in [6.45, 7) is 4.30. The van der Waals surface area contributed by atoms with E-state index in [1.165, 1.54) is 5.56 Å². The van der Waals surface area contributed by atoms with Crippen molar-refractivity contribution < 1.29 is 9.59 Å². The van der Waals surface area contributed by atoms with Crippen LogP contribution in [-0.4, -0.2) is 54.5 Å². The molecule has 5 N–H and O–H groups in total. The SMILES string of the molecule is NC(=O)c1cnc(N2CCCC3(CCNC3=O)C2)c2c1[nH]c1ccc(C3CCNCC3)cc12. The fourth-order valence-corrected chi connectivity index (χ4v) is 6.15. The summed E-state index contributed by atoms with van der Waals surface area (Å²) in [5.41, 5.74) is 8.81. The van der Waals surface area contributed by atoms with Crippen molar-refractivity contribution in [2.75, 3.05) is 37.6 Å². The third-order valence-electron chi connectivity index (χ3n) is 7.95. The van der Waals surface area contributed by atoms with E-state index in [0.717, 1.165) is 85.9 Å². The second kappa shape index (κ2) is 7.73. The number of H-pyrrole nitrogens is 1. The number of primary amides is 1. The van der Waals surface area contributed by atoms with E-state index in [0.29, 0.717) is 18.0 Å². The van der Waals surface area contributed by atoms with E-state index >= 15 is 0 Å². The van der Waals surface area contributed by atoms with Crippen molar-refractivity contribution in [1.82, 2.24) is 20.6 Å². The van der Waals surface area contributed by atoms with Crippen molar-refractivity contribution in [3.05, 3.63) is 35.5 Å². The predicted molar refractivity (Wildman–Crippen MR) is 128 cm³/mol.